The van der Waals surface area contributed by atoms with Crippen molar-refractivity contribution >= 4 is 11.8 Å². The molecule has 0 bridgehead atoms. The first kappa shape index (κ1) is 13.3. The molecule has 0 spiro atoms. The highest BCUT2D eigenvalue weighted by Gasteiger charge is 2.21. The van der Waals surface area contributed by atoms with E-state index in [-0.39, 0.29) is 0 Å². The molecule has 3 heteroatoms. The SMILES string of the molecule is COc1ccc2c(c1)CC(NCC1CCCS1)CC2. The maximum atomic E-state index is 5.33. The van der Waals surface area contributed by atoms with Crippen LogP contribution in [0, 0.1) is 0 Å². The summed E-state index contributed by atoms with van der Waals surface area (Å²) in [5, 5.41) is 4.63. The number of aryl methyl sites for hydroxylation is 1. The largest absolute Gasteiger partial charge is 0.497 e. The Kier molecular flexibility index (Phi) is 4.34. The van der Waals surface area contributed by atoms with Gasteiger partial charge in [-0.3, -0.25) is 0 Å². The van der Waals surface area contributed by atoms with Gasteiger partial charge in [-0.2, -0.15) is 11.8 Å². The maximum absolute atomic E-state index is 5.33. The van der Waals surface area contributed by atoms with E-state index < -0.39 is 0 Å². The first-order valence-electron chi connectivity index (χ1n) is 7.36. The number of ether oxygens (including phenoxy) is 1. The fourth-order valence-corrected chi connectivity index (χ4v) is 4.35. The molecule has 0 saturated carbocycles. The Labute approximate surface area is 120 Å². The van der Waals surface area contributed by atoms with Gasteiger partial charge in [0.1, 0.15) is 5.75 Å². The van der Waals surface area contributed by atoms with Gasteiger partial charge in [0.2, 0.25) is 0 Å². The fraction of sp³-hybridized carbons (Fsp3) is 0.625. The summed E-state index contributed by atoms with van der Waals surface area (Å²) in [7, 11) is 1.75. The molecule has 1 fully saturated rings. The number of benzene rings is 1. The van der Waals surface area contributed by atoms with Crippen molar-refractivity contribution in [1.29, 1.82) is 0 Å². The number of methoxy groups -OCH3 is 1. The zero-order valence-corrected chi connectivity index (χ0v) is 12.5. The Hall–Kier alpha value is -0.670. The van der Waals surface area contributed by atoms with Gasteiger partial charge in [-0.25, -0.2) is 0 Å². The first-order valence-corrected chi connectivity index (χ1v) is 8.41. The van der Waals surface area contributed by atoms with Crippen LogP contribution < -0.4 is 10.1 Å². The van der Waals surface area contributed by atoms with Crippen LogP contribution in [0.4, 0.5) is 0 Å². The molecule has 2 aliphatic rings. The van der Waals surface area contributed by atoms with Crippen molar-refractivity contribution in [3.8, 4) is 5.75 Å². The number of fused-ring (bicyclic) bond motifs is 1. The highest BCUT2D eigenvalue weighted by molar-refractivity contribution is 8.00. The van der Waals surface area contributed by atoms with Gasteiger partial charge in [-0.1, -0.05) is 6.07 Å². The standard InChI is InChI=1S/C16H23NOS/c1-18-15-7-5-12-4-6-14(9-13(12)10-15)17-11-16-3-2-8-19-16/h5,7,10,14,16-17H,2-4,6,8-9,11H2,1H3. The van der Waals surface area contributed by atoms with Crippen LogP contribution in [0.15, 0.2) is 18.2 Å². The zero-order valence-electron chi connectivity index (χ0n) is 11.7. The summed E-state index contributed by atoms with van der Waals surface area (Å²) in [4.78, 5) is 0. The Balaban J connectivity index is 1.57. The van der Waals surface area contributed by atoms with Gasteiger partial charge in [0, 0.05) is 17.8 Å². The zero-order chi connectivity index (χ0) is 13.1. The quantitative estimate of drug-likeness (QED) is 0.914. The molecular formula is C16H23NOS. The minimum Gasteiger partial charge on any atom is -0.497 e. The molecule has 0 amide bonds. The van der Waals surface area contributed by atoms with Gasteiger partial charge in [-0.15, -0.1) is 0 Å². The molecule has 19 heavy (non-hydrogen) atoms. The Morgan fingerprint density at radius 1 is 1.32 bits per heavy atom. The van der Waals surface area contributed by atoms with Crippen molar-refractivity contribution in [1.82, 2.24) is 5.32 Å². The van der Waals surface area contributed by atoms with E-state index in [1.807, 2.05) is 0 Å². The van der Waals surface area contributed by atoms with Crippen LogP contribution in [0.3, 0.4) is 0 Å². The molecule has 1 aromatic rings. The predicted molar refractivity (Wildman–Crippen MR) is 82.3 cm³/mol. The molecule has 1 aliphatic carbocycles. The minimum absolute atomic E-state index is 0.654. The number of rotatable bonds is 4. The molecule has 2 unspecified atom stereocenters. The number of thioether (sulfide) groups is 1. The Morgan fingerprint density at radius 2 is 2.26 bits per heavy atom. The average Bonchev–Trinajstić information content (AvgIpc) is 2.97. The van der Waals surface area contributed by atoms with E-state index in [4.69, 9.17) is 4.74 Å². The normalized spacial score (nSPS) is 26.2. The molecule has 0 aromatic heterocycles. The first-order chi connectivity index (χ1) is 9.35. The molecular weight excluding hydrogens is 254 g/mol. The summed E-state index contributed by atoms with van der Waals surface area (Å²) in [6.07, 6.45) is 6.44. The van der Waals surface area contributed by atoms with E-state index in [0.29, 0.717) is 6.04 Å². The molecule has 0 radical (unpaired) electrons. The van der Waals surface area contributed by atoms with Crippen LogP contribution in [0.5, 0.6) is 5.75 Å². The van der Waals surface area contributed by atoms with Crippen molar-refractivity contribution < 1.29 is 4.74 Å². The molecule has 3 rings (SSSR count). The van der Waals surface area contributed by atoms with Crippen LogP contribution in [-0.4, -0.2) is 30.7 Å². The molecule has 1 aromatic carbocycles. The van der Waals surface area contributed by atoms with Crippen molar-refractivity contribution in [2.75, 3.05) is 19.4 Å². The van der Waals surface area contributed by atoms with E-state index in [1.165, 1.54) is 49.1 Å². The van der Waals surface area contributed by atoms with Gasteiger partial charge in [0.15, 0.2) is 0 Å². The second-order valence-corrected chi connectivity index (χ2v) is 7.03. The second-order valence-electron chi connectivity index (χ2n) is 5.62. The van der Waals surface area contributed by atoms with Crippen molar-refractivity contribution in [3.63, 3.8) is 0 Å². The van der Waals surface area contributed by atoms with E-state index in [9.17, 15) is 0 Å². The Bertz CT molecular complexity index is 429. The molecule has 1 heterocycles. The highest BCUT2D eigenvalue weighted by atomic mass is 32.2. The molecule has 1 aliphatic heterocycles. The van der Waals surface area contributed by atoms with E-state index in [1.54, 1.807) is 7.11 Å². The van der Waals surface area contributed by atoms with Crippen LogP contribution in [0.2, 0.25) is 0 Å². The smallest absolute Gasteiger partial charge is 0.119 e. The van der Waals surface area contributed by atoms with Gasteiger partial charge in [-0.05, 0) is 61.1 Å². The van der Waals surface area contributed by atoms with Gasteiger partial charge in [0.05, 0.1) is 7.11 Å². The van der Waals surface area contributed by atoms with Crippen molar-refractivity contribution in [2.45, 2.75) is 43.4 Å². The summed E-state index contributed by atoms with van der Waals surface area (Å²) in [5.41, 5.74) is 2.98. The van der Waals surface area contributed by atoms with E-state index >= 15 is 0 Å². The topological polar surface area (TPSA) is 21.3 Å². The minimum atomic E-state index is 0.654. The van der Waals surface area contributed by atoms with Crippen molar-refractivity contribution in [2.24, 2.45) is 0 Å². The molecule has 104 valence electrons. The lowest BCUT2D eigenvalue weighted by molar-refractivity contribution is 0.411. The van der Waals surface area contributed by atoms with E-state index in [0.717, 1.165) is 17.4 Å². The molecule has 2 atom stereocenters. The summed E-state index contributed by atoms with van der Waals surface area (Å²) in [5.74, 6) is 2.35. The molecule has 2 nitrogen and oxygen atoms in total. The monoisotopic (exact) mass is 277 g/mol. The van der Waals surface area contributed by atoms with Crippen LogP contribution >= 0.6 is 11.8 Å². The lowest BCUT2D eigenvalue weighted by Crippen LogP contribution is -2.38. The second kappa shape index (κ2) is 6.19. The molecule has 1 saturated heterocycles. The number of nitrogens with one attached hydrogen (secondary N) is 1. The molecule has 1 N–H and O–H groups in total. The van der Waals surface area contributed by atoms with Gasteiger partial charge in [0.25, 0.3) is 0 Å². The van der Waals surface area contributed by atoms with Crippen LogP contribution in [-0.2, 0) is 12.8 Å². The van der Waals surface area contributed by atoms with Crippen LogP contribution in [0.1, 0.15) is 30.4 Å². The summed E-state index contributed by atoms with van der Waals surface area (Å²) in [6.45, 7) is 1.19. The highest BCUT2D eigenvalue weighted by Crippen LogP contribution is 2.28. The summed E-state index contributed by atoms with van der Waals surface area (Å²) >= 11 is 2.14. The Morgan fingerprint density at radius 3 is 3.05 bits per heavy atom. The van der Waals surface area contributed by atoms with Gasteiger partial charge >= 0.3 is 0 Å². The fourth-order valence-electron chi connectivity index (χ4n) is 3.14. The lowest BCUT2D eigenvalue weighted by Gasteiger charge is -2.27. The number of hydrogen-bond acceptors (Lipinski definition) is 3. The average molecular weight is 277 g/mol. The third kappa shape index (κ3) is 3.26. The van der Waals surface area contributed by atoms with Crippen molar-refractivity contribution in [3.05, 3.63) is 29.3 Å². The summed E-state index contributed by atoms with van der Waals surface area (Å²) in [6, 6.07) is 7.19. The third-order valence-electron chi connectivity index (χ3n) is 4.30. The third-order valence-corrected chi connectivity index (χ3v) is 5.70. The lowest BCUT2D eigenvalue weighted by atomic mass is 9.88. The van der Waals surface area contributed by atoms with Gasteiger partial charge < -0.3 is 10.1 Å². The maximum Gasteiger partial charge on any atom is 0.119 e. The number of hydrogen-bond donors (Lipinski definition) is 1. The van der Waals surface area contributed by atoms with Crippen LogP contribution in [0.25, 0.3) is 0 Å². The summed E-state index contributed by atoms with van der Waals surface area (Å²) < 4.78 is 5.33. The predicted octanol–water partition coefficient (Wildman–Crippen LogP) is 3.04. The van der Waals surface area contributed by atoms with E-state index in [2.05, 4.69) is 35.3 Å².